The van der Waals surface area contributed by atoms with Gasteiger partial charge in [0.05, 0.1) is 12.9 Å². The summed E-state index contributed by atoms with van der Waals surface area (Å²) < 4.78 is 5.15. The number of ether oxygens (including phenoxy) is 1. The molecule has 3 aromatic carbocycles. The molecule has 2 amide bonds. The molecule has 1 heterocycles. The minimum Gasteiger partial charge on any atom is -0.497 e. The first kappa shape index (κ1) is 22.0. The Kier molecular flexibility index (Phi) is 6.51. The number of thioether (sulfide) groups is 1. The van der Waals surface area contributed by atoms with Crippen LogP contribution in [0.1, 0.15) is 46.6 Å². The molecule has 3 aromatic rings. The van der Waals surface area contributed by atoms with Gasteiger partial charge < -0.3 is 10.1 Å². The summed E-state index contributed by atoms with van der Waals surface area (Å²) in [6.07, 6.45) is 0. The SMILES string of the molecule is COc1ccc(C(=O)Nc2cccc([C@@H]3SCC(=O)N3c3ccccc3C(C)C)c2)cc1. The third-order valence-electron chi connectivity index (χ3n) is 5.47. The van der Waals surface area contributed by atoms with E-state index in [2.05, 4.69) is 25.2 Å². The number of rotatable bonds is 6. The number of hydrogen-bond acceptors (Lipinski definition) is 4. The van der Waals surface area contributed by atoms with E-state index >= 15 is 0 Å². The zero-order valence-electron chi connectivity index (χ0n) is 18.4. The minimum absolute atomic E-state index is 0.0979. The van der Waals surface area contributed by atoms with Crippen LogP contribution in [0.25, 0.3) is 0 Å². The highest BCUT2D eigenvalue weighted by atomic mass is 32.2. The molecule has 4 rings (SSSR count). The second-order valence-electron chi connectivity index (χ2n) is 7.95. The molecule has 164 valence electrons. The summed E-state index contributed by atoms with van der Waals surface area (Å²) in [5, 5.41) is 2.82. The fraction of sp³-hybridized carbons (Fsp3) is 0.231. The molecule has 0 aromatic heterocycles. The minimum atomic E-state index is -0.193. The second kappa shape index (κ2) is 9.49. The molecule has 5 nitrogen and oxygen atoms in total. The van der Waals surface area contributed by atoms with Crippen molar-refractivity contribution in [1.82, 2.24) is 0 Å². The van der Waals surface area contributed by atoms with Gasteiger partial charge in [-0.05, 0) is 59.5 Å². The molecule has 0 spiro atoms. The van der Waals surface area contributed by atoms with E-state index in [0.717, 1.165) is 16.8 Å². The Morgan fingerprint density at radius 3 is 2.53 bits per heavy atom. The van der Waals surface area contributed by atoms with E-state index in [9.17, 15) is 9.59 Å². The van der Waals surface area contributed by atoms with E-state index in [1.165, 1.54) is 0 Å². The van der Waals surface area contributed by atoms with Crippen molar-refractivity contribution < 1.29 is 14.3 Å². The number of nitrogens with zero attached hydrogens (tertiary/aromatic N) is 1. The highest BCUT2D eigenvalue weighted by Gasteiger charge is 2.35. The number of hydrogen-bond donors (Lipinski definition) is 1. The Labute approximate surface area is 192 Å². The molecule has 0 unspecified atom stereocenters. The van der Waals surface area contributed by atoms with Crippen LogP contribution in [0.2, 0.25) is 0 Å². The monoisotopic (exact) mass is 446 g/mol. The summed E-state index contributed by atoms with van der Waals surface area (Å²) in [5.41, 5.74) is 4.33. The van der Waals surface area contributed by atoms with Crippen molar-refractivity contribution >= 4 is 35.0 Å². The Morgan fingerprint density at radius 1 is 1.06 bits per heavy atom. The molecule has 1 N–H and O–H groups in total. The average Bonchev–Trinajstić information content (AvgIpc) is 3.20. The van der Waals surface area contributed by atoms with Crippen molar-refractivity contribution in [3.63, 3.8) is 0 Å². The summed E-state index contributed by atoms with van der Waals surface area (Å²) in [7, 11) is 1.59. The van der Waals surface area contributed by atoms with Crippen molar-refractivity contribution in [1.29, 1.82) is 0 Å². The van der Waals surface area contributed by atoms with Gasteiger partial charge in [-0.25, -0.2) is 0 Å². The van der Waals surface area contributed by atoms with Crippen LogP contribution < -0.4 is 15.0 Å². The van der Waals surface area contributed by atoms with Crippen LogP contribution in [0.15, 0.2) is 72.8 Å². The number of anilines is 2. The van der Waals surface area contributed by atoms with Gasteiger partial charge in [0.2, 0.25) is 5.91 Å². The molecular formula is C26H26N2O3S. The molecular weight excluding hydrogens is 420 g/mol. The maximum atomic E-state index is 12.9. The lowest BCUT2D eigenvalue weighted by Crippen LogP contribution is -2.29. The van der Waals surface area contributed by atoms with E-state index in [-0.39, 0.29) is 17.2 Å². The van der Waals surface area contributed by atoms with Gasteiger partial charge in [0.15, 0.2) is 0 Å². The van der Waals surface area contributed by atoms with Gasteiger partial charge in [-0.15, -0.1) is 11.8 Å². The number of amides is 2. The second-order valence-corrected chi connectivity index (χ2v) is 9.02. The lowest BCUT2D eigenvalue weighted by atomic mass is 10.00. The van der Waals surface area contributed by atoms with Gasteiger partial charge in [-0.2, -0.15) is 0 Å². The van der Waals surface area contributed by atoms with E-state index in [0.29, 0.717) is 28.7 Å². The molecule has 32 heavy (non-hydrogen) atoms. The van der Waals surface area contributed by atoms with Crippen molar-refractivity contribution in [2.45, 2.75) is 25.1 Å². The van der Waals surface area contributed by atoms with Gasteiger partial charge >= 0.3 is 0 Å². The van der Waals surface area contributed by atoms with Crippen molar-refractivity contribution in [3.8, 4) is 5.75 Å². The zero-order chi connectivity index (χ0) is 22.7. The summed E-state index contributed by atoms with van der Waals surface area (Å²) in [5.74, 6) is 1.34. The molecule has 1 atom stereocenters. The Hall–Kier alpha value is -3.25. The highest BCUT2D eigenvalue weighted by Crippen LogP contribution is 2.44. The van der Waals surface area contributed by atoms with E-state index in [1.807, 2.05) is 47.4 Å². The maximum absolute atomic E-state index is 12.9. The molecule has 1 aliphatic heterocycles. The third-order valence-corrected chi connectivity index (χ3v) is 6.68. The topological polar surface area (TPSA) is 58.6 Å². The van der Waals surface area contributed by atoms with Crippen LogP contribution in [0.5, 0.6) is 5.75 Å². The molecule has 1 saturated heterocycles. The summed E-state index contributed by atoms with van der Waals surface area (Å²) in [6, 6.07) is 22.8. The van der Waals surface area contributed by atoms with Crippen LogP contribution in [0.4, 0.5) is 11.4 Å². The summed E-state index contributed by atoms with van der Waals surface area (Å²) in [6.45, 7) is 4.27. The highest BCUT2D eigenvalue weighted by molar-refractivity contribution is 8.00. The number of nitrogens with one attached hydrogen (secondary N) is 1. The van der Waals surface area contributed by atoms with Crippen molar-refractivity contribution in [3.05, 3.63) is 89.5 Å². The predicted molar refractivity (Wildman–Crippen MR) is 131 cm³/mol. The summed E-state index contributed by atoms with van der Waals surface area (Å²) in [4.78, 5) is 27.4. The van der Waals surface area contributed by atoms with Gasteiger partial charge in [-0.3, -0.25) is 14.5 Å². The first-order valence-electron chi connectivity index (χ1n) is 10.6. The number of benzene rings is 3. The van der Waals surface area contributed by atoms with E-state index in [4.69, 9.17) is 4.74 Å². The molecule has 0 saturated carbocycles. The number of methoxy groups -OCH3 is 1. The van der Waals surface area contributed by atoms with Gasteiger partial charge in [0.1, 0.15) is 11.1 Å². The van der Waals surface area contributed by atoms with E-state index < -0.39 is 0 Å². The molecule has 1 aliphatic rings. The molecule has 0 radical (unpaired) electrons. The Morgan fingerprint density at radius 2 is 1.81 bits per heavy atom. The third kappa shape index (κ3) is 4.50. The van der Waals surface area contributed by atoms with Crippen molar-refractivity contribution in [2.75, 3.05) is 23.1 Å². The predicted octanol–water partition coefficient (Wildman–Crippen LogP) is 5.85. The number of para-hydroxylation sites is 1. The molecule has 0 aliphatic carbocycles. The molecule has 6 heteroatoms. The standard InChI is InChI=1S/C26H26N2O3S/c1-17(2)22-9-4-5-10-23(22)28-24(29)16-32-26(28)19-7-6-8-20(15-19)27-25(30)18-11-13-21(31-3)14-12-18/h4-15,17,26H,16H2,1-3H3,(H,27,30)/t26-/m0/s1. The van der Waals surface area contributed by atoms with Gasteiger partial charge in [0.25, 0.3) is 5.91 Å². The Bertz CT molecular complexity index is 1130. The first-order chi connectivity index (χ1) is 15.5. The van der Waals surface area contributed by atoms with E-state index in [1.54, 1.807) is 43.1 Å². The van der Waals surface area contributed by atoms with Crippen LogP contribution in [-0.4, -0.2) is 24.7 Å². The first-order valence-corrected chi connectivity index (χ1v) is 11.6. The fourth-order valence-corrected chi connectivity index (χ4v) is 5.00. The smallest absolute Gasteiger partial charge is 0.255 e. The van der Waals surface area contributed by atoms with Crippen molar-refractivity contribution in [2.24, 2.45) is 0 Å². The number of carbonyl (C=O) groups is 2. The fourth-order valence-electron chi connectivity index (χ4n) is 3.84. The normalized spacial score (nSPS) is 15.8. The molecule has 0 bridgehead atoms. The molecule has 1 fully saturated rings. The zero-order valence-corrected chi connectivity index (χ0v) is 19.2. The lowest BCUT2D eigenvalue weighted by Gasteiger charge is -2.28. The average molecular weight is 447 g/mol. The van der Waals surface area contributed by atoms with Crippen LogP contribution in [0, 0.1) is 0 Å². The maximum Gasteiger partial charge on any atom is 0.255 e. The van der Waals surface area contributed by atoms with Crippen LogP contribution in [-0.2, 0) is 4.79 Å². The summed E-state index contributed by atoms with van der Waals surface area (Å²) >= 11 is 1.60. The largest absolute Gasteiger partial charge is 0.497 e. The quantitative estimate of drug-likeness (QED) is 0.516. The van der Waals surface area contributed by atoms with Gasteiger partial charge in [0, 0.05) is 16.9 Å². The van der Waals surface area contributed by atoms with Crippen LogP contribution in [0.3, 0.4) is 0 Å². The number of carbonyl (C=O) groups excluding carboxylic acids is 2. The lowest BCUT2D eigenvalue weighted by molar-refractivity contribution is -0.115. The Balaban J connectivity index is 1.59. The van der Waals surface area contributed by atoms with Gasteiger partial charge in [-0.1, -0.05) is 44.2 Å². The van der Waals surface area contributed by atoms with Crippen LogP contribution >= 0.6 is 11.8 Å².